The van der Waals surface area contributed by atoms with E-state index in [2.05, 4.69) is 23.5 Å². The molecule has 0 unspecified atom stereocenters. The van der Waals surface area contributed by atoms with Crippen LogP contribution in [0, 0.1) is 0 Å². The van der Waals surface area contributed by atoms with Gasteiger partial charge in [0.1, 0.15) is 0 Å². The Balaban J connectivity index is 4.99. The van der Waals surface area contributed by atoms with Gasteiger partial charge in [0.25, 0.3) is 0 Å². The van der Waals surface area contributed by atoms with E-state index in [1.54, 1.807) is 6.92 Å². The Kier molecular flexibility index (Phi) is 4.15. The third kappa shape index (κ3) is 3.85. The Labute approximate surface area is 77.7 Å². The summed E-state index contributed by atoms with van der Waals surface area (Å²) in [6.07, 6.45) is 1.43. The zero-order chi connectivity index (χ0) is 10.4. The summed E-state index contributed by atoms with van der Waals surface area (Å²) in [7, 11) is 0. The number of hydrogen-bond donors (Lipinski definition) is 4. The van der Waals surface area contributed by atoms with Crippen molar-refractivity contribution in [2.75, 3.05) is 0 Å². The summed E-state index contributed by atoms with van der Waals surface area (Å²) < 4.78 is 0. The molecule has 0 aliphatic rings. The topological polar surface area (TPSA) is 102 Å². The van der Waals surface area contributed by atoms with Gasteiger partial charge in [0.05, 0.1) is 17.2 Å². The van der Waals surface area contributed by atoms with E-state index in [1.165, 1.54) is 6.20 Å². The molecule has 0 saturated heterocycles. The fraction of sp³-hybridized carbons (Fsp3) is 0.125. The zero-order valence-electron chi connectivity index (χ0n) is 7.67. The third-order valence-corrected chi connectivity index (χ3v) is 1.13. The van der Waals surface area contributed by atoms with Crippen molar-refractivity contribution in [3.05, 3.63) is 36.6 Å². The second-order valence-corrected chi connectivity index (χ2v) is 2.39. The van der Waals surface area contributed by atoms with Crippen molar-refractivity contribution in [2.24, 2.45) is 22.2 Å². The highest BCUT2D eigenvalue weighted by molar-refractivity contribution is 5.78. The Morgan fingerprint density at radius 2 is 1.92 bits per heavy atom. The average molecular weight is 181 g/mol. The third-order valence-electron chi connectivity index (χ3n) is 1.13. The van der Waals surface area contributed by atoms with Gasteiger partial charge in [-0.2, -0.15) is 0 Å². The fourth-order valence-corrected chi connectivity index (χ4v) is 0.595. The first kappa shape index (κ1) is 11.1. The standard InChI is InChI=1S/C8H15N5/c1-4-12-8(13-6(3)10)7(11)5(2)9/h4,12H,1-2,9,11H2,3H3,(H2,10,13)/b8-7+. The molecule has 0 aromatic carbocycles. The predicted octanol–water partition coefficient (Wildman–Crippen LogP) is -0.303. The van der Waals surface area contributed by atoms with Crippen LogP contribution in [0.15, 0.2) is 41.6 Å². The molecule has 0 atom stereocenters. The molecule has 5 nitrogen and oxygen atoms in total. The van der Waals surface area contributed by atoms with Gasteiger partial charge in [-0.15, -0.1) is 0 Å². The highest BCUT2D eigenvalue weighted by atomic mass is 15.1. The molecule has 0 spiro atoms. The van der Waals surface area contributed by atoms with E-state index < -0.39 is 0 Å². The molecule has 0 aromatic rings. The summed E-state index contributed by atoms with van der Waals surface area (Å²) in [5.74, 6) is 0.719. The van der Waals surface area contributed by atoms with Crippen LogP contribution in [0.2, 0.25) is 0 Å². The molecule has 0 aromatic heterocycles. The van der Waals surface area contributed by atoms with Gasteiger partial charge in [0.15, 0.2) is 5.82 Å². The van der Waals surface area contributed by atoms with Crippen molar-refractivity contribution < 1.29 is 0 Å². The lowest BCUT2D eigenvalue weighted by Gasteiger charge is -2.06. The van der Waals surface area contributed by atoms with E-state index in [0.29, 0.717) is 11.7 Å². The van der Waals surface area contributed by atoms with Crippen LogP contribution in [0.4, 0.5) is 0 Å². The molecule has 7 N–H and O–H groups in total. The maximum Gasteiger partial charge on any atom is 0.157 e. The lowest BCUT2D eigenvalue weighted by molar-refractivity contribution is 0.976. The summed E-state index contributed by atoms with van der Waals surface area (Å²) in [5, 5.41) is 2.71. The molecular weight excluding hydrogens is 166 g/mol. The first-order valence-corrected chi connectivity index (χ1v) is 3.61. The van der Waals surface area contributed by atoms with Crippen molar-refractivity contribution in [3.63, 3.8) is 0 Å². The minimum atomic E-state index is 0.231. The number of amidine groups is 1. The molecule has 0 bridgehead atoms. The summed E-state index contributed by atoms with van der Waals surface area (Å²) in [6.45, 7) is 8.58. The van der Waals surface area contributed by atoms with Crippen LogP contribution < -0.4 is 22.5 Å². The number of nitrogens with zero attached hydrogens (tertiary/aromatic N) is 1. The molecule has 0 saturated carbocycles. The first-order chi connectivity index (χ1) is 5.99. The molecule has 72 valence electrons. The second-order valence-electron chi connectivity index (χ2n) is 2.39. The maximum atomic E-state index is 5.58. The van der Waals surface area contributed by atoms with E-state index in [9.17, 15) is 0 Å². The molecule has 5 heteroatoms. The number of hydrogen-bond acceptors (Lipinski definition) is 4. The van der Waals surface area contributed by atoms with Gasteiger partial charge >= 0.3 is 0 Å². The molecule has 0 radical (unpaired) electrons. The largest absolute Gasteiger partial charge is 0.397 e. The highest BCUT2D eigenvalue weighted by Crippen LogP contribution is 2.01. The van der Waals surface area contributed by atoms with E-state index >= 15 is 0 Å². The summed E-state index contributed by atoms with van der Waals surface area (Å²) in [6, 6.07) is 0. The number of aliphatic imine (C=N–C) groups is 1. The molecule has 0 aliphatic heterocycles. The highest BCUT2D eigenvalue weighted by Gasteiger charge is 2.01. The molecule has 13 heavy (non-hydrogen) atoms. The smallest absolute Gasteiger partial charge is 0.157 e. The summed E-state index contributed by atoms with van der Waals surface area (Å²) in [5.41, 5.74) is 16.8. The molecule has 0 aliphatic carbocycles. The van der Waals surface area contributed by atoms with Gasteiger partial charge in [-0.05, 0) is 13.1 Å². The Morgan fingerprint density at radius 1 is 1.38 bits per heavy atom. The summed E-state index contributed by atoms with van der Waals surface area (Å²) >= 11 is 0. The van der Waals surface area contributed by atoms with E-state index in [0.717, 1.165) is 0 Å². The molecule has 0 rings (SSSR count). The average Bonchev–Trinajstić information content (AvgIpc) is 2.01. The van der Waals surface area contributed by atoms with Crippen LogP contribution in [0.3, 0.4) is 0 Å². The Hall–Kier alpha value is -1.91. The van der Waals surface area contributed by atoms with Crippen molar-refractivity contribution >= 4 is 5.84 Å². The first-order valence-electron chi connectivity index (χ1n) is 3.61. The van der Waals surface area contributed by atoms with E-state index in [4.69, 9.17) is 17.2 Å². The second kappa shape index (κ2) is 4.87. The zero-order valence-corrected chi connectivity index (χ0v) is 7.67. The van der Waals surface area contributed by atoms with E-state index in [-0.39, 0.29) is 11.4 Å². The fourth-order valence-electron chi connectivity index (χ4n) is 0.595. The number of nitrogens with two attached hydrogens (primary N) is 3. The van der Waals surface area contributed by atoms with Crippen molar-refractivity contribution in [1.29, 1.82) is 0 Å². The normalized spacial score (nSPS) is 13.2. The molecular formula is C8H15N5. The van der Waals surface area contributed by atoms with Crippen molar-refractivity contribution in [2.45, 2.75) is 6.92 Å². The van der Waals surface area contributed by atoms with Gasteiger partial charge in [0, 0.05) is 0 Å². The molecule has 0 amide bonds. The Bertz CT molecular complexity index is 270. The van der Waals surface area contributed by atoms with Crippen LogP contribution >= 0.6 is 0 Å². The van der Waals surface area contributed by atoms with Crippen molar-refractivity contribution in [1.82, 2.24) is 5.32 Å². The monoisotopic (exact) mass is 181 g/mol. The van der Waals surface area contributed by atoms with Crippen LogP contribution in [-0.4, -0.2) is 5.84 Å². The molecule has 0 heterocycles. The number of rotatable bonds is 4. The lowest BCUT2D eigenvalue weighted by Crippen LogP contribution is -2.19. The summed E-state index contributed by atoms with van der Waals surface area (Å²) in [4.78, 5) is 3.91. The quantitative estimate of drug-likeness (QED) is 0.271. The maximum absolute atomic E-state index is 5.58. The number of nitrogens with one attached hydrogen (secondary N) is 1. The van der Waals surface area contributed by atoms with Gasteiger partial charge in [-0.25, -0.2) is 4.99 Å². The SMILES string of the molecule is C=CN/C(N=C(C)N)=C(\N)C(=C)N. The Morgan fingerprint density at radius 3 is 2.23 bits per heavy atom. The van der Waals surface area contributed by atoms with Crippen LogP contribution in [0.5, 0.6) is 0 Å². The van der Waals surface area contributed by atoms with Crippen LogP contribution in [-0.2, 0) is 0 Å². The van der Waals surface area contributed by atoms with Crippen molar-refractivity contribution in [3.8, 4) is 0 Å². The minimum absolute atomic E-state index is 0.231. The van der Waals surface area contributed by atoms with E-state index in [1.807, 2.05) is 0 Å². The van der Waals surface area contributed by atoms with Crippen LogP contribution in [0.1, 0.15) is 6.92 Å². The molecule has 0 fully saturated rings. The predicted molar refractivity (Wildman–Crippen MR) is 55.2 cm³/mol. The van der Waals surface area contributed by atoms with Crippen LogP contribution in [0.25, 0.3) is 0 Å². The van der Waals surface area contributed by atoms with Gasteiger partial charge < -0.3 is 22.5 Å². The van der Waals surface area contributed by atoms with Gasteiger partial charge in [-0.1, -0.05) is 13.2 Å². The van der Waals surface area contributed by atoms with Gasteiger partial charge in [0.2, 0.25) is 0 Å². The lowest BCUT2D eigenvalue weighted by atomic mass is 10.3. The minimum Gasteiger partial charge on any atom is -0.397 e. The van der Waals surface area contributed by atoms with Gasteiger partial charge in [-0.3, -0.25) is 0 Å².